The first-order valence-corrected chi connectivity index (χ1v) is 7.50. The topological polar surface area (TPSA) is 90.7 Å². The van der Waals surface area contributed by atoms with Gasteiger partial charge in [-0.25, -0.2) is 4.39 Å². The molecule has 0 atom stereocenters. The van der Waals surface area contributed by atoms with Crippen LogP contribution in [0, 0.1) is 15.9 Å². The lowest BCUT2D eigenvalue weighted by molar-refractivity contribution is -0.385. The highest BCUT2D eigenvalue weighted by molar-refractivity contribution is 6.30. The van der Waals surface area contributed by atoms with Crippen molar-refractivity contribution in [1.82, 2.24) is 0 Å². The number of ether oxygens (including phenoxy) is 2. The molecule has 9 heteroatoms. The van der Waals surface area contributed by atoms with Crippen molar-refractivity contribution in [3.63, 3.8) is 0 Å². The normalized spacial score (nSPS) is 10.2. The Balaban J connectivity index is 2.45. The van der Waals surface area contributed by atoms with E-state index in [1.54, 1.807) is 6.92 Å². The lowest BCUT2D eigenvalue weighted by Gasteiger charge is -2.12. The number of nitro benzene ring substituents is 1. The number of amides is 1. The minimum atomic E-state index is -0.866. The Morgan fingerprint density at radius 1 is 1.32 bits per heavy atom. The van der Waals surface area contributed by atoms with Gasteiger partial charge in [-0.3, -0.25) is 14.9 Å². The first-order chi connectivity index (χ1) is 11.9. The average Bonchev–Trinajstić information content (AvgIpc) is 2.57. The molecule has 2 aromatic carbocycles. The number of carbonyl (C=O) groups excluding carboxylic acids is 1. The highest BCUT2D eigenvalue weighted by Gasteiger charge is 2.25. The number of halogens is 2. The van der Waals surface area contributed by atoms with Gasteiger partial charge in [-0.1, -0.05) is 11.6 Å². The van der Waals surface area contributed by atoms with Crippen molar-refractivity contribution >= 4 is 28.9 Å². The third-order valence-corrected chi connectivity index (χ3v) is 3.44. The van der Waals surface area contributed by atoms with E-state index in [1.807, 2.05) is 0 Å². The van der Waals surface area contributed by atoms with Crippen molar-refractivity contribution in [2.75, 3.05) is 19.0 Å². The summed E-state index contributed by atoms with van der Waals surface area (Å²) in [5, 5.41) is 13.7. The maximum Gasteiger partial charge on any atom is 0.286 e. The van der Waals surface area contributed by atoms with Crippen LogP contribution in [-0.4, -0.2) is 24.5 Å². The maximum absolute atomic E-state index is 13.8. The van der Waals surface area contributed by atoms with Crippen molar-refractivity contribution in [2.24, 2.45) is 0 Å². The molecule has 2 aromatic rings. The molecule has 1 N–H and O–H groups in total. The van der Waals surface area contributed by atoms with E-state index in [4.69, 9.17) is 21.1 Å². The average molecular weight is 369 g/mol. The van der Waals surface area contributed by atoms with Crippen LogP contribution in [0.5, 0.6) is 11.5 Å². The highest BCUT2D eigenvalue weighted by atomic mass is 35.5. The SMILES string of the molecule is CCOc1cc([N+](=O)[O-])c(C(=O)Nc2ccc(Cl)cc2F)cc1OC. The molecule has 7 nitrogen and oxygen atoms in total. The van der Waals surface area contributed by atoms with Gasteiger partial charge in [-0.05, 0) is 25.1 Å². The van der Waals surface area contributed by atoms with Crippen LogP contribution in [-0.2, 0) is 0 Å². The number of carbonyl (C=O) groups is 1. The third kappa shape index (κ3) is 4.16. The van der Waals surface area contributed by atoms with Gasteiger partial charge in [0.1, 0.15) is 11.4 Å². The van der Waals surface area contributed by atoms with Crippen LogP contribution in [0.1, 0.15) is 17.3 Å². The van der Waals surface area contributed by atoms with Gasteiger partial charge >= 0.3 is 0 Å². The second-order valence-corrected chi connectivity index (χ2v) is 5.23. The summed E-state index contributed by atoms with van der Waals surface area (Å²) in [6, 6.07) is 5.92. The zero-order chi connectivity index (χ0) is 18.6. The molecule has 0 aromatic heterocycles. The summed E-state index contributed by atoms with van der Waals surface area (Å²) >= 11 is 5.65. The first kappa shape index (κ1) is 18.5. The van der Waals surface area contributed by atoms with E-state index < -0.39 is 22.3 Å². The Morgan fingerprint density at radius 3 is 2.60 bits per heavy atom. The Hall–Kier alpha value is -2.87. The molecule has 0 aliphatic heterocycles. The van der Waals surface area contributed by atoms with E-state index in [0.29, 0.717) is 0 Å². The second kappa shape index (κ2) is 7.80. The molecule has 0 unspecified atom stereocenters. The number of hydrogen-bond donors (Lipinski definition) is 1. The molecule has 0 bridgehead atoms. The minimum absolute atomic E-state index is 0.130. The molecule has 25 heavy (non-hydrogen) atoms. The summed E-state index contributed by atoms with van der Waals surface area (Å²) < 4.78 is 24.2. The van der Waals surface area contributed by atoms with Gasteiger partial charge in [0.2, 0.25) is 0 Å². The van der Waals surface area contributed by atoms with E-state index in [0.717, 1.165) is 12.1 Å². The lowest BCUT2D eigenvalue weighted by atomic mass is 10.1. The monoisotopic (exact) mass is 368 g/mol. The van der Waals surface area contributed by atoms with Gasteiger partial charge in [0.15, 0.2) is 11.5 Å². The van der Waals surface area contributed by atoms with E-state index in [9.17, 15) is 19.3 Å². The summed E-state index contributed by atoms with van der Waals surface area (Å²) in [6.45, 7) is 1.96. The second-order valence-electron chi connectivity index (χ2n) is 4.79. The molecule has 0 saturated heterocycles. The van der Waals surface area contributed by atoms with Crippen molar-refractivity contribution in [2.45, 2.75) is 6.92 Å². The third-order valence-electron chi connectivity index (χ3n) is 3.20. The number of rotatable bonds is 6. The molecule has 0 radical (unpaired) electrons. The Kier molecular flexibility index (Phi) is 5.76. The van der Waals surface area contributed by atoms with E-state index in [1.165, 1.54) is 25.3 Å². The van der Waals surface area contributed by atoms with Crippen LogP contribution in [0.4, 0.5) is 15.8 Å². The van der Waals surface area contributed by atoms with E-state index in [-0.39, 0.29) is 34.4 Å². The molecule has 1 amide bonds. The summed E-state index contributed by atoms with van der Waals surface area (Å²) in [5.74, 6) is -1.35. The van der Waals surface area contributed by atoms with Crippen molar-refractivity contribution < 1.29 is 23.6 Å². The lowest BCUT2D eigenvalue weighted by Crippen LogP contribution is -2.15. The van der Waals surface area contributed by atoms with Crippen LogP contribution in [0.2, 0.25) is 5.02 Å². The molecule has 0 fully saturated rings. The van der Waals surface area contributed by atoms with Crippen LogP contribution in [0.3, 0.4) is 0 Å². The zero-order valence-electron chi connectivity index (χ0n) is 13.3. The molecular weight excluding hydrogens is 355 g/mol. The van der Waals surface area contributed by atoms with Crippen LogP contribution in [0.25, 0.3) is 0 Å². The molecule has 0 heterocycles. The maximum atomic E-state index is 13.8. The first-order valence-electron chi connectivity index (χ1n) is 7.13. The standard InChI is InChI=1S/C16H14ClFN2O5/c1-3-25-15-8-13(20(22)23)10(7-14(15)24-2)16(21)19-12-5-4-9(17)6-11(12)18/h4-8H,3H2,1-2H3,(H,19,21). The molecule has 0 saturated carbocycles. The largest absolute Gasteiger partial charge is 0.493 e. The summed E-state index contributed by atoms with van der Waals surface area (Å²) in [7, 11) is 1.34. The number of anilines is 1. The van der Waals surface area contributed by atoms with Crippen LogP contribution < -0.4 is 14.8 Å². The zero-order valence-corrected chi connectivity index (χ0v) is 14.1. The fourth-order valence-electron chi connectivity index (χ4n) is 2.09. The van der Waals surface area contributed by atoms with Crippen LogP contribution >= 0.6 is 11.6 Å². The number of nitro groups is 1. The summed E-state index contributed by atoms with van der Waals surface area (Å²) in [5.41, 5.74) is -0.938. The van der Waals surface area contributed by atoms with Gasteiger partial charge in [0, 0.05) is 11.1 Å². The molecular formula is C16H14ClFN2O5. The van der Waals surface area contributed by atoms with Gasteiger partial charge in [0.05, 0.1) is 30.4 Å². The fraction of sp³-hybridized carbons (Fsp3) is 0.188. The number of benzene rings is 2. The quantitative estimate of drug-likeness (QED) is 0.613. The molecule has 0 aliphatic rings. The Bertz CT molecular complexity index is 828. The number of nitrogens with zero attached hydrogens (tertiary/aromatic N) is 1. The minimum Gasteiger partial charge on any atom is -0.493 e. The van der Waals surface area contributed by atoms with Crippen molar-refractivity contribution in [3.8, 4) is 11.5 Å². The highest BCUT2D eigenvalue weighted by Crippen LogP contribution is 2.35. The number of methoxy groups -OCH3 is 1. The predicted octanol–water partition coefficient (Wildman–Crippen LogP) is 4.05. The smallest absolute Gasteiger partial charge is 0.286 e. The molecule has 132 valence electrons. The molecule has 2 rings (SSSR count). The van der Waals surface area contributed by atoms with Gasteiger partial charge in [-0.15, -0.1) is 0 Å². The van der Waals surface area contributed by atoms with Gasteiger partial charge < -0.3 is 14.8 Å². The Labute approximate surface area is 147 Å². The number of hydrogen-bond acceptors (Lipinski definition) is 5. The van der Waals surface area contributed by atoms with Crippen molar-refractivity contribution in [3.05, 3.63) is 56.8 Å². The molecule has 0 spiro atoms. The van der Waals surface area contributed by atoms with E-state index >= 15 is 0 Å². The predicted molar refractivity (Wildman–Crippen MR) is 90.2 cm³/mol. The molecule has 0 aliphatic carbocycles. The Morgan fingerprint density at radius 2 is 2.04 bits per heavy atom. The van der Waals surface area contributed by atoms with Gasteiger partial charge in [-0.2, -0.15) is 0 Å². The van der Waals surface area contributed by atoms with E-state index in [2.05, 4.69) is 5.32 Å². The number of nitrogens with one attached hydrogen (secondary N) is 1. The van der Waals surface area contributed by atoms with Gasteiger partial charge in [0.25, 0.3) is 11.6 Å². The van der Waals surface area contributed by atoms with Crippen LogP contribution in [0.15, 0.2) is 30.3 Å². The summed E-state index contributed by atoms with van der Waals surface area (Å²) in [6.07, 6.45) is 0. The summed E-state index contributed by atoms with van der Waals surface area (Å²) in [4.78, 5) is 23.0. The van der Waals surface area contributed by atoms with Crippen molar-refractivity contribution in [1.29, 1.82) is 0 Å². The fourth-order valence-corrected chi connectivity index (χ4v) is 2.25.